The van der Waals surface area contributed by atoms with Gasteiger partial charge >= 0.3 is 0 Å². The van der Waals surface area contributed by atoms with E-state index in [1.54, 1.807) is 10.9 Å². The van der Waals surface area contributed by atoms with Gasteiger partial charge in [0, 0.05) is 30.9 Å². The van der Waals surface area contributed by atoms with Gasteiger partial charge in [-0.15, -0.1) is 29.9 Å². The molecule has 32 heavy (non-hydrogen) atoms. The summed E-state index contributed by atoms with van der Waals surface area (Å²) in [6, 6.07) is 13.3. The number of halogens is 2. The number of hydrogen-bond acceptors (Lipinski definition) is 7. The molecule has 3 heterocycles. The van der Waals surface area contributed by atoms with Crippen LogP contribution in [0.1, 0.15) is 31.6 Å². The molecular weight excluding hydrogens is 451 g/mol. The third kappa shape index (κ3) is 6.15. The fraction of sp³-hybridized carbons (Fsp3) is 0.381. The zero-order chi connectivity index (χ0) is 20.9. The predicted molar refractivity (Wildman–Crippen MR) is 128 cm³/mol. The Balaban J connectivity index is 0.00000181. The lowest BCUT2D eigenvalue weighted by Gasteiger charge is -2.32. The summed E-state index contributed by atoms with van der Waals surface area (Å²) >= 11 is 0. The molecule has 172 valence electrons. The van der Waals surface area contributed by atoms with Crippen molar-refractivity contribution in [2.45, 2.75) is 38.4 Å². The third-order valence-corrected chi connectivity index (χ3v) is 5.18. The first-order valence-electron chi connectivity index (χ1n) is 10.2. The van der Waals surface area contributed by atoms with E-state index < -0.39 is 0 Å². The number of carbonyl (C=O) groups excluding carboxylic acids is 1. The highest BCUT2D eigenvalue weighted by Crippen LogP contribution is 2.19. The van der Waals surface area contributed by atoms with Crippen LogP contribution in [-0.2, 0) is 11.3 Å². The van der Waals surface area contributed by atoms with Gasteiger partial charge in [0.05, 0.1) is 6.04 Å². The molecule has 1 fully saturated rings. The van der Waals surface area contributed by atoms with Crippen molar-refractivity contribution < 1.29 is 4.79 Å². The molecule has 3 aromatic rings. The third-order valence-electron chi connectivity index (χ3n) is 5.18. The molecular formula is C21H28Cl2N8O. The maximum Gasteiger partial charge on any atom is 0.242 e. The molecule has 11 heteroatoms. The van der Waals surface area contributed by atoms with E-state index in [9.17, 15) is 4.79 Å². The fourth-order valence-electron chi connectivity index (χ4n) is 3.64. The van der Waals surface area contributed by atoms with Gasteiger partial charge in [-0.3, -0.25) is 4.79 Å². The highest BCUT2D eigenvalue weighted by molar-refractivity contribution is 5.85. The lowest BCUT2D eigenvalue weighted by Crippen LogP contribution is -2.46. The largest absolute Gasteiger partial charge is 0.355 e. The van der Waals surface area contributed by atoms with Gasteiger partial charge < -0.3 is 16.0 Å². The van der Waals surface area contributed by atoms with E-state index in [1.165, 1.54) is 0 Å². The molecule has 4 rings (SSSR count). The summed E-state index contributed by atoms with van der Waals surface area (Å²) in [5.74, 6) is 1.97. The molecule has 9 nitrogen and oxygen atoms in total. The maximum absolute atomic E-state index is 12.7. The van der Waals surface area contributed by atoms with Crippen molar-refractivity contribution in [3.05, 3.63) is 54.5 Å². The highest BCUT2D eigenvalue weighted by atomic mass is 35.5. The van der Waals surface area contributed by atoms with Crippen molar-refractivity contribution in [2.24, 2.45) is 5.73 Å². The molecule has 1 aliphatic heterocycles. The van der Waals surface area contributed by atoms with Gasteiger partial charge in [0.1, 0.15) is 12.4 Å². The zero-order valence-electron chi connectivity index (χ0n) is 17.8. The Morgan fingerprint density at radius 3 is 2.50 bits per heavy atom. The number of rotatable bonds is 6. The molecule has 1 aromatic carbocycles. The van der Waals surface area contributed by atoms with Crippen molar-refractivity contribution >= 4 is 36.5 Å². The van der Waals surface area contributed by atoms with Crippen LogP contribution in [0.4, 0.5) is 5.82 Å². The Hall–Kier alpha value is -2.75. The zero-order valence-corrected chi connectivity index (χ0v) is 19.4. The molecule has 1 atom stereocenters. The monoisotopic (exact) mass is 478 g/mol. The number of hydrogen-bond donors (Lipinski definition) is 2. The topological polar surface area (TPSA) is 115 Å². The second-order valence-electron chi connectivity index (χ2n) is 7.52. The van der Waals surface area contributed by atoms with Crippen LogP contribution < -0.4 is 16.0 Å². The second-order valence-corrected chi connectivity index (χ2v) is 7.52. The molecule has 2 aromatic heterocycles. The van der Waals surface area contributed by atoms with Crippen LogP contribution in [-0.4, -0.2) is 50.0 Å². The summed E-state index contributed by atoms with van der Waals surface area (Å²) in [4.78, 5) is 19.4. The van der Waals surface area contributed by atoms with Crippen LogP contribution in [0.25, 0.3) is 11.4 Å². The van der Waals surface area contributed by atoms with E-state index in [0.29, 0.717) is 11.6 Å². The van der Waals surface area contributed by atoms with Gasteiger partial charge in [-0.25, -0.2) is 9.67 Å². The number of carbonyl (C=O) groups is 1. The first-order chi connectivity index (χ1) is 14.6. The highest BCUT2D eigenvalue weighted by Gasteiger charge is 2.23. The number of amides is 1. The summed E-state index contributed by atoms with van der Waals surface area (Å²) in [5, 5.41) is 15.7. The van der Waals surface area contributed by atoms with Gasteiger partial charge in [-0.2, -0.15) is 10.2 Å². The molecule has 0 aliphatic carbocycles. The maximum atomic E-state index is 12.7. The molecule has 0 spiro atoms. The molecule has 1 aliphatic rings. The average Bonchev–Trinajstić information content (AvgIpc) is 3.19. The SMILES string of the molecule is C[C@H](N)c1nc(-c2ccccc2)nn1CC(=O)NC1CCN(c2cccnn2)CC1.Cl.Cl. The van der Waals surface area contributed by atoms with Crippen molar-refractivity contribution in [1.82, 2.24) is 30.3 Å². The minimum atomic E-state index is -0.321. The van der Waals surface area contributed by atoms with E-state index in [2.05, 4.69) is 30.5 Å². The first-order valence-corrected chi connectivity index (χ1v) is 10.2. The Labute approximate surface area is 199 Å². The van der Waals surface area contributed by atoms with Gasteiger partial charge in [0.2, 0.25) is 5.91 Å². The number of nitrogens with two attached hydrogens (primary N) is 1. The number of aromatic nitrogens is 5. The standard InChI is InChI=1S/C21H26N8O.2ClH/c1-15(22)21-25-20(16-6-3-2-4-7-16)27-29(21)14-19(30)24-17-9-12-28(13-10-17)18-8-5-11-23-26-18;;/h2-8,11,15,17H,9-10,12-14,22H2,1H3,(H,24,30);2*1H/t15-;;/m0../s1. The molecule has 3 N–H and O–H groups in total. The molecule has 0 bridgehead atoms. The average molecular weight is 479 g/mol. The molecule has 1 saturated heterocycles. The lowest BCUT2D eigenvalue weighted by atomic mass is 10.1. The summed E-state index contributed by atoms with van der Waals surface area (Å²) in [5.41, 5.74) is 6.96. The number of anilines is 1. The van der Waals surface area contributed by atoms with Crippen LogP contribution >= 0.6 is 24.8 Å². The second kappa shape index (κ2) is 11.8. The predicted octanol–water partition coefficient (Wildman–Crippen LogP) is 2.38. The van der Waals surface area contributed by atoms with Crippen LogP contribution in [0.2, 0.25) is 0 Å². The van der Waals surface area contributed by atoms with E-state index in [0.717, 1.165) is 37.3 Å². The van der Waals surface area contributed by atoms with Crippen molar-refractivity contribution in [3.63, 3.8) is 0 Å². The van der Waals surface area contributed by atoms with Gasteiger partial charge in [-0.1, -0.05) is 30.3 Å². The van der Waals surface area contributed by atoms with Gasteiger partial charge in [0.15, 0.2) is 11.6 Å². The van der Waals surface area contributed by atoms with Crippen LogP contribution in [0.3, 0.4) is 0 Å². The number of nitrogens with one attached hydrogen (secondary N) is 1. The quantitative estimate of drug-likeness (QED) is 0.558. The fourth-order valence-corrected chi connectivity index (χ4v) is 3.64. The molecule has 0 unspecified atom stereocenters. The van der Waals surface area contributed by atoms with Crippen molar-refractivity contribution in [1.29, 1.82) is 0 Å². The van der Waals surface area contributed by atoms with Crippen molar-refractivity contribution in [3.8, 4) is 11.4 Å². The smallest absolute Gasteiger partial charge is 0.242 e. The summed E-state index contributed by atoms with van der Waals surface area (Å²) in [6.07, 6.45) is 3.38. The van der Waals surface area contributed by atoms with Gasteiger partial charge in [0.25, 0.3) is 0 Å². The minimum absolute atomic E-state index is 0. The summed E-state index contributed by atoms with van der Waals surface area (Å²) < 4.78 is 1.61. The van der Waals surface area contributed by atoms with Gasteiger partial charge in [-0.05, 0) is 31.9 Å². The Morgan fingerprint density at radius 1 is 1.16 bits per heavy atom. The van der Waals surface area contributed by atoms with E-state index in [4.69, 9.17) is 5.73 Å². The Kier molecular flexibility index (Phi) is 9.37. The molecule has 0 saturated carbocycles. The molecule has 1 amide bonds. The van der Waals surface area contributed by atoms with E-state index in [-0.39, 0.29) is 49.3 Å². The molecule has 0 radical (unpaired) electrons. The van der Waals surface area contributed by atoms with Crippen LogP contribution in [0, 0.1) is 0 Å². The first kappa shape index (κ1) is 25.5. The normalized spacial score (nSPS) is 14.8. The summed E-state index contributed by atoms with van der Waals surface area (Å²) in [6.45, 7) is 3.60. The Morgan fingerprint density at radius 2 is 1.88 bits per heavy atom. The van der Waals surface area contributed by atoms with Crippen molar-refractivity contribution in [2.75, 3.05) is 18.0 Å². The Bertz CT molecular complexity index is 976. The number of benzene rings is 1. The van der Waals surface area contributed by atoms with Crippen LogP contribution in [0.5, 0.6) is 0 Å². The minimum Gasteiger partial charge on any atom is -0.355 e. The number of nitrogens with zero attached hydrogens (tertiary/aromatic N) is 6. The number of piperidine rings is 1. The van der Waals surface area contributed by atoms with E-state index in [1.807, 2.05) is 49.4 Å². The lowest BCUT2D eigenvalue weighted by molar-refractivity contribution is -0.122. The van der Waals surface area contributed by atoms with Crippen LogP contribution in [0.15, 0.2) is 48.7 Å². The van der Waals surface area contributed by atoms with E-state index >= 15 is 0 Å². The summed E-state index contributed by atoms with van der Waals surface area (Å²) in [7, 11) is 0.